The molecule has 1 saturated heterocycles. The van der Waals surface area contributed by atoms with Crippen molar-refractivity contribution in [2.24, 2.45) is 0 Å². The van der Waals surface area contributed by atoms with E-state index in [1.54, 1.807) is 0 Å². The highest BCUT2D eigenvalue weighted by atomic mass is 32.2. The number of carbonyl (C=O) groups excluding carboxylic acids is 2. The summed E-state index contributed by atoms with van der Waals surface area (Å²) in [5.74, 6) is 0.758. The quantitative estimate of drug-likeness (QED) is 0.141. The van der Waals surface area contributed by atoms with Gasteiger partial charge in [0.05, 0.1) is 10.8 Å². The molecule has 0 aliphatic carbocycles. The van der Waals surface area contributed by atoms with E-state index in [4.69, 9.17) is 4.74 Å². The first kappa shape index (κ1) is 38.2. The number of unbranched alkanes of at least 4 members (excludes halogenated alkanes) is 1. The first-order chi connectivity index (χ1) is 24.5. The van der Waals surface area contributed by atoms with Crippen molar-refractivity contribution in [1.82, 2.24) is 15.1 Å². The maximum atomic E-state index is 14.0. The number of benzene rings is 4. The van der Waals surface area contributed by atoms with Gasteiger partial charge in [0.15, 0.2) is 0 Å². The van der Waals surface area contributed by atoms with Crippen molar-refractivity contribution in [3.05, 3.63) is 143 Å². The summed E-state index contributed by atoms with van der Waals surface area (Å²) in [5, 5.41) is 3.28. The van der Waals surface area contributed by atoms with Gasteiger partial charge in [-0.3, -0.25) is 9.69 Å². The molecule has 0 aromatic heterocycles. The Labute approximate surface area is 310 Å². The number of hydrogen-bond donors (Lipinski definition) is 1. The highest BCUT2D eigenvalue weighted by Crippen LogP contribution is 2.48. The van der Waals surface area contributed by atoms with Crippen LogP contribution in [0.4, 0.5) is 4.79 Å². The summed E-state index contributed by atoms with van der Waals surface area (Å²) in [6, 6.07) is 37.9. The lowest BCUT2D eigenvalue weighted by molar-refractivity contribution is 0.0385. The summed E-state index contributed by atoms with van der Waals surface area (Å²) in [6.07, 6.45) is 2.66. The number of nitrogens with zero attached hydrogens (tertiary/aromatic N) is 2. The molecule has 1 aliphatic heterocycles. The first-order valence-electron chi connectivity index (χ1n) is 18.4. The molecule has 2 atom stereocenters. The molecule has 0 bridgehead atoms. The van der Waals surface area contributed by atoms with Crippen LogP contribution in [0, 0.1) is 13.8 Å². The number of hydrogen-bond acceptors (Lipinski definition) is 5. The third-order valence-corrected chi connectivity index (χ3v) is 11.5. The molecule has 1 aliphatic rings. The van der Waals surface area contributed by atoms with E-state index >= 15 is 0 Å². The molecule has 0 spiro atoms. The van der Waals surface area contributed by atoms with Crippen molar-refractivity contribution >= 4 is 23.8 Å². The molecule has 270 valence electrons. The van der Waals surface area contributed by atoms with Gasteiger partial charge in [-0.1, -0.05) is 123 Å². The summed E-state index contributed by atoms with van der Waals surface area (Å²) in [6.45, 7) is 14.8. The number of amides is 2. The third kappa shape index (κ3) is 9.63. The Bertz CT molecular complexity index is 1610. The molecule has 0 radical (unpaired) electrons. The number of carbonyl (C=O) groups is 2. The average molecular weight is 706 g/mol. The molecule has 2 unspecified atom stereocenters. The second kappa shape index (κ2) is 17.4. The molecule has 7 heteroatoms. The fourth-order valence-corrected chi connectivity index (χ4v) is 8.65. The van der Waals surface area contributed by atoms with Gasteiger partial charge in [-0.2, -0.15) is 0 Å². The van der Waals surface area contributed by atoms with Crippen LogP contribution in [0.2, 0.25) is 0 Å². The van der Waals surface area contributed by atoms with E-state index in [-0.39, 0.29) is 18.0 Å². The summed E-state index contributed by atoms with van der Waals surface area (Å²) in [7, 11) is 0. The Balaban J connectivity index is 1.45. The van der Waals surface area contributed by atoms with Crippen LogP contribution < -0.4 is 5.32 Å². The number of nitrogens with one attached hydrogen (secondary N) is 1. The van der Waals surface area contributed by atoms with Crippen molar-refractivity contribution in [3.8, 4) is 0 Å². The Hall–Kier alpha value is -4.07. The minimum atomic E-state index is -0.616. The molecule has 1 fully saturated rings. The lowest BCUT2D eigenvalue weighted by Crippen LogP contribution is -2.58. The maximum Gasteiger partial charge on any atom is 0.407 e. The second-order valence-electron chi connectivity index (χ2n) is 14.7. The number of alkyl carbamates (subject to hydrolysis) is 1. The molecule has 6 nitrogen and oxygen atoms in total. The third-order valence-electron chi connectivity index (χ3n) is 9.80. The van der Waals surface area contributed by atoms with Crippen molar-refractivity contribution in [2.75, 3.05) is 31.9 Å². The summed E-state index contributed by atoms with van der Waals surface area (Å²) < 4.78 is 5.29. The number of aryl methyl sites for hydroxylation is 1. The lowest BCUT2D eigenvalue weighted by atomic mass is 9.84. The Morgan fingerprint density at radius 2 is 1.39 bits per heavy atom. The molecule has 2 amide bonds. The largest absolute Gasteiger partial charge is 0.444 e. The van der Waals surface area contributed by atoms with E-state index in [1.807, 2.05) is 51.6 Å². The molecule has 5 rings (SSSR count). The predicted octanol–water partition coefficient (Wildman–Crippen LogP) is 9.24. The van der Waals surface area contributed by atoms with Crippen molar-refractivity contribution < 1.29 is 14.3 Å². The number of piperazine rings is 1. The van der Waals surface area contributed by atoms with Gasteiger partial charge >= 0.3 is 6.09 Å². The maximum absolute atomic E-state index is 14.0. The van der Waals surface area contributed by atoms with Gasteiger partial charge in [0.1, 0.15) is 5.60 Å². The normalized spacial score (nSPS) is 16.0. The summed E-state index contributed by atoms with van der Waals surface area (Å²) >= 11 is 1.84. The van der Waals surface area contributed by atoms with Gasteiger partial charge in [-0.15, -0.1) is 11.8 Å². The standard InChI is InChI=1S/C44H55N3O3S/c1-7-8-26-39-31-46(28-29-47(39)41(48)40-27-18-19-33(2)34(40)3)30-38(45-42(49)50-43(4,5)6)32-51-44(35-20-12-9-13-21-35,36-22-14-10-15-23-36)37-24-16-11-17-25-37/h9-25,27,38-39H,7-8,26,28-32H2,1-6H3,(H,45,49). The minimum Gasteiger partial charge on any atom is -0.444 e. The van der Waals surface area contributed by atoms with Crippen LogP contribution in [0.3, 0.4) is 0 Å². The van der Waals surface area contributed by atoms with E-state index in [1.165, 1.54) is 16.7 Å². The van der Waals surface area contributed by atoms with Gasteiger partial charge in [-0.25, -0.2) is 4.79 Å². The van der Waals surface area contributed by atoms with Crippen LogP contribution in [-0.2, 0) is 9.48 Å². The van der Waals surface area contributed by atoms with Crippen LogP contribution in [0.1, 0.15) is 85.1 Å². The molecule has 51 heavy (non-hydrogen) atoms. The van der Waals surface area contributed by atoms with Gasteiger partial charge < -0.3 is 15.0 Å². The van der Waals surface area contributed by atoms with Crippen LogP contribution >= 0.6 is 11.8 Å². The topological polar surface area (TPSA) is 61.9 Å². The van der Waals surface area contributed by atoms with Gasteiger partial charge in [0, 0.05) is 43.5 Å². The highest BCUT2D eigenvalue weighted by Gasteiger charge is 2.39. The van der Waals surface area contributed by atoms with Crippen molar-refractivity contribution in [3.63, 3.8) is 0 Å². The lowest BCUT2D eigenvalue weighted by Gasteiger charge is -2.43. The molecule has 1 heterocycles. The zero-order valence-corrected chi connectivity index (χ0v) is 32.0. The van der Waals surface area contributed by atoms with E-state index < -0.39 is 16.4 Å². The highest BCUT2D eigenvalue weighted by molar-refractivity contribution is 8.00. The SMILES string of the molecule is CCCCC1CN(CC(CSC(c2ccccc2)(c2ccccc2)c2ccccc2)NC(=O)OC(C)(C)C)CCN1C(=O)c1cccc(C)c1C. The predicted molar refractivity (Wildman–Crippen MR) is 212 cm³/mol. The van der Waals surface area contributed by atoms with Crippen molar-refractivity contribution in [1.29, 1.82) is 0 Å². The fourth-order valence-electron chi connectivity index (χ4n) is 7.10. The average Bonchev–Trinajstić information content (AvgIpc) is 3.12. The van der Waals surface area contributed by atoms with Crippen LogP contribution in [0.25, 0.3) is 0 Å². The monoisotopic (exact) mass is 705 g/mol. The molecule has 4 aromatic carbocycles. The van der Waals surface area contributed by atoms with Gasteiger partial charge in [0.25, 0.3) is 5.91 Å². The Morgan fingerprint density at radius 3 is 1.92 bits per heavy atom. The van der Waals surface area contributed by atoms with E-state index in [2.05, 4.69) is 126 Å². The van der Waals surface area contributed by atoms with Crippen LogP contribution in [0.5, 0.6) is 0 Å². The zero-order valence-electron chi connectivity index (χ0n) is 31.2. The van der Waals surface area contributed by atoms with Crippen LogP contribution in [-0.4, -0.2) is 71.4 Å². The summed E-state index contributed by atoms with van der Waals surface area (Å²) in [4.78, 5) is 31.9. The molecular formula is C44H55N3O3S. The smallest absolute Gasteiger partial charge is 0.407 e. The number of ether oxygens (including phenoxy) is 1. The van der Waals surface area contributed by atoms with E-state index in [0.717, 1.165) is 49.0 Å². The Kier molecular flexibility index (Phi) is 13.0. The molecule has 1 N–H and O–H groups in total. The van der Waals surface area contributed by atoms with Gasteiger partial charge in [0.2, 0.25) is 0 Å². The molecule has 0 saturated carbocycles. The van der Waals surface area contributed by atoms with Crippen molar-refractivity contribution in [2.45, 2.75) is 83.2 Å². The second-order valence-corrected chi connectivity index (χ2v) is 16.0. The Morgan fingerprint density at radius 1 is 0.824 bits per heavy atom. The first-order valence-corrected chi connectivity index (χ1v) is 19.4. The van der Waals surface area contributed by atoms with Gasteiger partial charge in [-0.05, 0) is 74.9 Å². The van der Waals surface area contributed by atoms with E-state index in [9.17, 15) is 9.59 Å². The fraction of sp³-hybridized carbons (Fsp3) is 0.409. The summed E-state index contributed by atoms with van der Waals surface area (Å²) in [5.41, 5.74) is 5.91. The van der Waals surface area contributed by atoms with Crippen LogP contribution in [0.15, 0.2) is 109 Å². The molecule has 4 aromatic rings. The number of thioether (sulfide) groups is 1. The zero-order chi connectivity index (χ0) is 36.4. The number of rotatable bonds is 13. The van der Waals surface area contributed by atoms with E-state index in [0.29, 0.717) is 18.8 Å². The minimum absolute atomic E-state index is 0.0954. The molecular weight excluding hydrogens is 651 g/mol.